The molecule has 1 fully saturated rings. The molecule has 0 aliphatic carbocycles. The first-order valence-electron chi connectivity index (χ1n) is 6.88. The number of hydrogen-bond acceptors (Lipinski definition) is 2. The lowest BCUT2D eigenvalue weighted by Crippen LogP contribution is -2.31. The van der Waals surface area contributed by atoms with Crippen LogP contribution in [0.4, 0.5) is 10.1 Å². The molecule has 19 heavy (non-hydrogen) atoms. The zero-order valence-corrected chi connectivity index (χ0v) is 11.4. The van der Waals surface area contributed by atoms with E-state index in [0.717, 1.165) is 25.1 Å². The molecular formula is C15H21FN2O. The van der Waals surface area contributed by atoms with Gasteiger partial charge in [0, 0.05) is 18.2 Å². The first-order chi connectivity index (χ1) is 9.21. The van der Waals surface area contributed by atoms with Gasteiger partial charge < -0.3 is 5.32 Å². The number of alkyl halides is 1. The van der Waals surface area contributed by atoms with Crippen LogP contribution in [-0.2, 0) is 11.2 Å². The molecule has 1 aliphatic rings. The molecule has 2 rings (SSSR count). The van der Waals surface area contributed by atoms with Gasteiger partial charge in [0.2, 0.25) is 5.91 Å². The predicted octanol–water partition coefficient (Wildman–Crippen LogP) is 2.48. The third kappa shape index (κ3) is 4.03. The monoisotopic (exact) mass is 264 g/mol. The molecule has 0 saturated carbocycles. The van der Waals surface area contributed by atoms with Gasteiger partial charge >= 0.3 is 0 Å². The van der Waals surface area contributed by atoms with E-state index in [1.807, 2.05) is 29.2 Å². The molecule has 0 bridgehead atoms. The smallest absolute Gasteiger partial charge is 0.238 e. The third-order valence-electron chi connectivity index (χ3n) is 3.60. The van der Waals surface area contributed by atoms with Gasteiger partial charge in [0.1, 0.15) is 0 Å². The largest absolute Gasteiger partial charge is 0.325 e. The van der Waals surface area contributed by atoms with E-state index in [4.69, 9.17) is 0 Å². The highest BCUT2D eigenvalue weighted by atomic mass is 19.1. The summed E-state index contributed by atoms with van der Waals surface area (Å²) < 4.78 is 12.5. The lowest BCUT2D eigenvalue weighted by molar-refractivity contribution is -0.117. The van der Waals surface area contributed by atoms with E-state index in [9.17, 15) is 9.18 Å². The number of carbonyl (C=O) groups excluding carboxylic acids is 1. The number of halogens is 1. The van der Waals surface area contributed by atoms with Crippen LogP contribution in [0.25, 0.3) is 0 Å². The van der Waals surface area contributed by atoms with Crippen LogP contribution in [-0.4, -0.2) is 37.1 Å². The summed E-state index contributed by atoms with van der Waals surface area (Å²) in [5.74, 6) is 0.0837. The molecule has 1 N–H and O–H groups in total. The Bertz CT molecular complexity index is 419. The number of likely N-dealkylation sites (tertiary alicyclic amines) is 1. The molecule has 1 aromatic carbocycles. The second-order valence-corrected chi connectivity index (χ2v) is 5.14. The molecule has 1 saturated heterocycles. The molecule has 1 aliphatic heterocycles. The van der Waals surface area contributed by atoms with Crippen molar-refractivity contribution in [3.63, 3.8) is 0 Å². The topological polar surface area (TPSA) is 32.3 Å². The lowest BCUT2D eigenvalue weighted by Gasteiger charge is -2.15. The molecular weight excluding hydrogens is 243 g/mol. The van der Waals surface area contributed by atoms with Crippen LogP contribution in [0.15, 0.2) is 24.3 Å². The number of carbonyl (C=O) groups is 1. The van der Waals surface area contributed by atoms with E-state index in [2.05, 4.69) is 12.2 Å². The molecule has 1 amide bonds. The number of benzene rings is 1. The van der Waals surface area contributed by atoms with Crippen LogP contribution < -0.4 is 5.32 Å². The maximum absolute atomic E-state index is 12.5. The summed E-state index contributed by atoms with van der Waals surface area (Å²) >= 11 is 0. The van der Waals surface area contributed by atoms with Gasteiger partial charge in [-0.1, -0.05) is 19.1 Å². The quantitative estimate of drug-likeness (QED) is 0.886. The average molecular weight is 264 g/mol. The van der Waals surface area contributed by atoms with Crippen molar-refractivity contribution in [2.45, 2.75) is 19.8 Å². The normalized spacial score (nSPS) is 19.6. The van der Waals surface area contributed by atoms with Gasteiger partial charge in [0.05, 0.1) is 13.2 Å². The Balaban J connectivity index is 1.80. The van der Waals surface area contributed by atoms with Crippen molar-refractivity contribution in [3.05, 3.63) is 29.8 Å². The highest BCUT2D eigenvalue weighted by Crippen LogP contribution is 2.16. The number of amides is 1. The van der Waals surface area contributed by atoms with Gasteiger partial charge in [-0.3, -0.25) is 14.1 Å². The maximum atomic E-state index is 12.5. The Hall–Kier alpha value is -1.42. The van der Waals surface area contributed by atoms with Gasteiger partial charge in [0.25, 0.3) is 0 Å². The van der Waals surface area contributed by atoms with Crippen LogP contribution in [0.1, 0.15) is 18.9 Å². The predicted molar refractivity (Wildman–Crippen MR) is 75.0 cm³/mol. The molecule has 1 aromatic rings. The van der Waals surface area contributed by atoms with Crippen LogP contribution in [0, 0.1) is 5.92 Å². The Morgan fingerprint density at radius 3 is 2.74 bits per heavy atom. The second kappa shape index (κ2) is 6.66. The van der Waals surface area contributed by atoms with Gasteiger partial charge in [-0.15, -0.1) is 0 Å². The van der Waals surface area contributed by atoms with E-state index < -0.39 is 0 Å². The van der Waals surface area contributed by atoms with E-state index in [0.29, 0.717) is 13.1 Å². The SMILES string of the molecule is CCc1ccc(NC(=O)CN2CCC(CF)C2)cc1. The van der Waals surface area contributed by atoms with E-state index in [1.165, 1.54) is 5.56 Å². The minimum absolute atomic E-state index is 0.0243. The van der Waals surface area contributed by atoms with Gasteiger partial charge in [-0.2, -0.15) is 0 Å². The number of rotatable bonds is 5. The van der Waals surface area contributed by atoms with Crippen molar-refractivity contribution in [1.82, 2.24) is 4.90 Å². The van der Waals surface area contributed by atoms with E-state index in [1.54, 1.807) is 0 Å². The summed E-state index contributed by atoms with van der Waals surface area (Å²) in [6.07, 6.45) is 1.85. The summed E-state index contributed by atoms with van der Waals surface area (Å²) in [5, 5.41) is 2.88. The molecule has 1 unspecified atom stereocenters. The van der Waals surface area contributed by atoms with Crippen molar-refractivity contribution in [2.75, 3.05) is 31.6 Å². The van der Waals surface area contributed by atoms with Crippen molar-refractivity contribution in [2.24, 2.45) is 5.92 Å². The Morgan fingerprint density at radius 2 is 2.16 bits per heavy atom. The molecule has 104 valence electrons. The molecule has 3 nitrogen and oxygen atoms in total. The summed E-state index contributed by atoms with van der Waals surface area (Å²) in [5.41, 5.74) is 2.08. The molecule has 0 aromatic heterocycles. The zero-order chi connectivity index (χ0) is 13.7. The lowest BCUT2D eigenvalue weighted by atomic mass is 10.1. The third-order valence-corrected chi connectivity index (χ3v) is 3.60. The van der Waals surface area contributed by atoms with Crippen molar-refractivity contribution in [1.29, 1.82) is 0 Å². The van der Waals surface area contributed by atoms with E-state index in [-0.39, 0.29) is 18.5 Å². The fourth-order valence-corrected chi connectivity index (χ4v) is 2.41. The van der Waals surface area contributed by atoms with Gasteiger partial charge in [-0.25, -0.2) is 0 Å². The molecule has 1 atom stereocenters. The molecule has 0 radical (unpaired) electrons. The summed E-state index contributed by atoms with van der Waals surface area (Å²) in [6, 6.07) is 7.88. The van der Waals surface area contributed by atoms with Crippen molar-refractivity contribution in [3.8, 4) is 0 Å². The maximum Gasteiger partial charge on any atom is 0.238 e. The minimum atomic E-state index is -0.281. The molecule has 4 heteroatoms. The van der Waals surface area contributed by atoms with Crippen molar-refractivity contribution < 1.29 is 9.18 Å². The first kappa shape index (κ1) is 14.0. The van der Waals surface area contributed by atoms with Crippen LogP contribution >= 0.6 is 0 Å². The number of nitrogens with one attached hydrogen (secondary N) is 1. The first-order valence-corrected chi connectivity index (χ1v) is 6.88. The standard InChI is InChI=1S/C15H21FN2O/c1-2-12-3-5-14(6-4-12)17-15(19)11-18-8-7-13(9-16)10-18/h3-6,13H,2,7-11H2,1H3,(H,17,19). The van der Waals surface area contributed by atoms with Crippen LogP contribution in [0.5, 0.6) is 0 Å². The number of aryl methyl sites for hydroxylation is 1. The summed E-state index contributed by atoms with van der Waals surface area (Å²) in [6.45, 7) is 3.68. The van der Waals surface area contributed by atoms with Gasteiger partial charge in [-0.05, 0) is 37.1 Å². The fourth-order valence-electron chi connectivity index (χ4n) is 2.41. The summed E-state index contributed by atoms with van der Waals surface area (Å²) in [7, 11) is 0. The second-order valence-electron chi connectivity index (χ2n) is 5.14. The summed E-state index contributed by atoms with van der Waals surface area (Å²) in [4.78, 5) is 13.9. The van der Waals surface area contributed by atoms with Crippen LogP contribution in [0.3, 0.4) is 0 Å². The Labute approximate surface area is 113 Å². The highest BCUT2D eigenvalue weighted by molar-refractivity contribution is 5.92. The number of anilines is 1. The fraction of sp³-hybridized carbons (Fsp3) is 0.533. The van der Waals surface area contributed by atoms with Crippen LogP contribution in [0.2, 0.25) is 0 Å². The molecule has 1 heterocycles. The molecule has 0 spiro atoms. The average Bonchev–Trinajstić information content (AvgIpc) is 2.87. The van der Waals surface area contributed by atoms with E-state index >= 15 is 0 Å². The number of hydrogen-bond donors (Lipinski definition) is 1. The minimum Gasteiger partial charge on any atom is -0.325 e. The number of nitrogens with zero attached hydrogens (tertiary/aromatic N) is 1. The van der Waals surface area contributed by atoms with Crippen molar-refractivity contribution >= 4 is 11.6 Å². The highest BCUT2D eigenvalue weighted by Gasteiger charge is 2.23. The Morgan fingerprint density at radius 1 is 1.42 bits per heavy atom. The van der Waals surface area contributed by atoms with Gasteiger partial charge in [0.15, 0.2) is 0 Å². The Kier molecular flexibility index (Phi) is 4.91. The zero-order valence-electron chi connectivity index (χ0n) is 11.4.